The van der Waals surface area contributed by atoms with E-state index < -0.39 is 5.60 Å². The SMILES string of the molecule is Cc1cc(N(Cc2ccccc2)C(=O)OC(C)(C)C)ccn1. The van der Waals surface area contributed by atoms with Crippen LogP contribution in [0.5, 0.6) is 0 Å². The van der Waals surface area contributed by atoms with Crippen LogP contribution in [0.25, 0.3) is 0 Å². The van der Waals surface area contributed by atoms with Gasteiger partial charge in [0.15, 0.2) is 0 Å². The highest BCUT2D eigenvalue weighted by molar-refractivity contribution is 5.87. The third kappa shape index (κ3) is 4.58. The number of aromatic nitrogens is 1. The van der Waals surface area contributed by atoms with Crippen molar-refractivity contribution in [2.24, 2.45) is 0 Å². The lowest BCUT2D eigenvalue weighted by atomic mass is 10.2. The number of ether oxygens (including phenoxy) is 1. The van der Waals surface area contributed by atoms with E-state index in [-0.39, 0.29) is 6.09 Å². The monoisotopic (exact) mass is 298 g/mol. The molecular weight excluding hydrogens is 276 g/mol. The van der Waals surface area contributed by atoms with E-state index in [4.69, 9.17) is 4.74 Å². The van der Waals surface area contributed by atoms with Crippen LogP contribution in [-0.4, -0.2) is 16.7 Å². The van der Waals surface area contributed by atoms with Crippen molar-refractivity contribution in [1.29, 1.82) is 0 Å². The van der Waals surface area contributed by atoms with E-state index in [1.165, 1.54) is 0 Å². The second kappa shape index (κ2) is 6.60. The molecule has 4 heteroatoms. The summed E-state index contributed by atoms with van der Waals surface area (Å²) in [5, 5.41) is 0. The molecule has 1 amide bonds. The Hall–Kier alpha value is -2.36. The summed E-state index contributed by atoms with van der Waals surface area (Å²) in [6.07, 6.45) is 1.34. The van der Waals surface area contributed by atoms with Crippen molar-refractivity contribution in [3.05, 3.63) is 59.9 Å². The Labute approximate surface area is 131 Å². The van der Waals surface area contributed by atoms with E-state index in [9.17, 15) is 4.79 Å². The highest BCUT2D eigenvalue weighted by Crippen LogP contribution is 2.21. The molecule has 0 fully saturated rings. The van der Waals surface area contributed by atoms with Gasteiger partial charge in [-0.1, -0.05) is 30.3 Å². The zero-order valence-corrected chi connectivity index (χ0v) is 13.5. The van der Waals surface area contributed by atoms with Crippen LogP contribution in [0.4, 0.5) is 10.5 Å². The maximum absolute atomic E-state index is 12.6. The van der Waals surface area contributed by atoms with Crippen LogP contribution in [0, 0.1) is 6.92 Å². The van der Waals surface area contributed by atoms with Gasteiger partial charge in [0.2, 0.25) is 0 Å². The predicted molar refractivity (Wildman–Crippen MR) is 87.8 cm³/mol. The quantitative estimate of drug-likeness (QED) is 0.847. The molecule has 1 aromatic carbocycles. The number of pyridine rings is 1. The molecule has 0 atom stereocenters. The fourth-order valence-corrected chi connectivity index (χ4v) is 2.04. The Kier molecular flexibility index (Phi) is 4.81. The highest BCUT2D eigenvalue weighted by atomic mass is 16.6. The lowest BCUT2D eigenvalue weighted by Crippen LogP contribution is -2.36. The van der Waals surface area contributed by atoms with Crippen molar-refractivity contribution in [2.75, 3.05) is 4.90 Å². The molecule has 0 aliphatic heterocycles. The minimum atomic E-state index is -0.534. The van der Waals surface area contributed by atoms with E-state index in [0.29, 0.717) is 6.54 Å². The summed E-state index contributed by atoms with van der Waals surface area (Å²) in [7, 11) is 0. The van der Waals surface area contributed by atoms with Crippen molar-refractivity contribution in [1.82, 2.24) is 4.98 Å². The minimum Gasteiger partial charge on any atom is -0.443 e. The van der Waals surface area contributed by atoms with Crippen molar-refractivity contribution in [3.63, 3.8) is 0 Å². The Morgan fingerprint density at radius 1 is 1.18 bits per heavy atom. The van der Waals surface area contributed by atoms with Crippen molar-refractivity contribution in [3.8, 4) is 0 Å². The number of benzene rings is 1. The molecule has 0 unspecified atom stereocenters. The molecule has 4 nitrogen and oxygen atoms in total. The van der Waals surface area contributed by atoms with E-state index in [0.717, 1.165) is 16.9 Å². The summed E-state index contributed by atoms with van der Waals surface area (Å²) in [5.74, 6) is 0. The van der Waals surface area contributed by atoms with Crippen LogP contribution in [-0.2, 0) is 11.3 Å². The van der Waals surface area contributed by atoms with Crippen LogP contribution in [0.2, 0.25) is 0 Å². The summed E-state index contributed by atoms with van der Waals surface area (Å²) < 4.78 is 5.53. The zero-order valence-electron chi connectivity index (χ0n) is 13.5. The molecule has 2 rings (SSSR count). The summed E-state index contributed by atoms with van der Waals surface area (Å²) in [5.41, 5.74) is 2.15. The minimum absolute atomic E-state index is 0.359. The van der Waals surface area contributed by atoms with Crippen molar-refractivity contribution >= 4 is 11.8 Å². The first-order chi connectivity index (χ1) is 10.3. The van der Waals surface area contributed by atoms with Gasteiger partial charge >= 0.3 is 6.09 Å². The average Bonchev–Trinajstić information content (AvgIpc) is 2.44. The smallest absolute Gasteiger partial charge is 0.415 e. The number of rotatable bonds is 3. The van der Waals surface area contributed by atoms with Gasteiger partial charge in [0.1, 0.15) is 5.60 Å². The zero-order chi connectivity index (χ0) is 16.2. The van der Waals surface area contributed by atoms with Crippen LogP contribution in [0.1, 0.15) is 32.0 Å². The predicted octanol–water partition coefficient (Wildman–Crippen LogP) is 4.33. The van der Waals surface area contributed by atoms with Gasteiger partial charge in [-0.25, -0.2) is 4.79 Å². The number of hydrogen-bond acceptors (Lipinski definition) is 3. The van der Waals surface area contributed by atoms with Gasteiger partial charge in [0.05, 0.1) is 12.2 Å². The maximum atomic E-state index is 12.6. The Morgan fingerprint density at radius 2 is 1.86 bits per heavy atom. The van der Waals surface area contributed by atoms with Gasteiger partial charge in [-0.3, -0.25) is 9.88 Å². The first-order valence-corrected chi connectivity index (χ1v) is 7.32. The summed E-state index contributed by atoms with van der Waals surface area (Å²) >= 11 is 0. The molecule has 0 N–H and O–H groups in total. The summed E-state index contributed by atoms with van der Waals surface area (Å²) in [6, 6.07) is 13.6. The number of amides is 1. The molecule has 0 saturated heterocycles. The fourth-order valence-electron chi connectivity index (χ4n) is 2.04. The topological polar surface area (TPSA) is 42.4 Å². The van der Waals surface area contributed by atoms with Gasteiger partial charge in [0.25, 0.3) is 0 Å². The van der Waals surface area contributed by atoms with Gasteiger partial charge in [-0.15, -0.1) is 0 Å². The van der Waals surface area contributed by atoms with Crippen molar-refractivity contribution in [2.45, 2.75) is 39.8 Å². The third-order valence-electron chi connectivity index (χ3n) is 2.99. The molecule has 1 heterocycles. The number of carbonyl (C=O) groups excluding carboxylic acids is 1. The molecule has 2 aromatic rings. The molecule has 0 spiro atoms. The molecule has 22 heavy (non-hydrogen) atoms. The van der Waals surface area contributed by atoms with Crippen LogP contribution >= 0.6 is 0 Å². The van der Waals surface area contributed by atoms with Crippen LogP contribution in [0.15, 0.2) is 48.7 Å². The van der Waals surface area contributed by atoms with E-state index >= 15 is 0 Å². The van der Waals surface area contributed by atoms with Gasteiger partial charge < -0.3 is 4.74 Å². The van der Waals surface area contributed by atoms with Gasteiger partial charge in [-0.2, -0.15) is 0 Å². The number of nitrogens with zero attached hydrogens (tertiary/aromatic N) is 2. The molecule has 1 aromatic heterocycles. The van der Waals surface area contributed by atoms with Gasteiger partial charge in [-0.05, 0) is 45.4 Å². The molecule has 0 aliphatic carbocycles. The highest BCUT2D eigenvalue weighted by Gasteiger charge is 2.23. The second-order valence-electron chi connectivity index (χ2n) is 6.21. The van der Waals surface area contributed by atoms with Gasteiger partial charge in [0, 0.05) is 11.9 Å². The first kappa shape index (κ1) is 16.0. The van der Waals surface area contributed by atoms with Crippen LogP contribution in [0.3, 0.4) is 0 Å². The molecule has 0 radical (unpaired) electrons. The largest absolute Gasteiger partial charge is 0.443 e. The lowest BCUT2D eigenvalue weighted by molar-refractivity contribution is 0.0577. The van der Waals surface area contributed by atoms with E-state index in [1.54, 1.807) is 11.1 Å². The summed E-state index contributed by atoms with van der Waals surface area (Å²) in [4.78, 5) is 18.4. The Bertz CT molecular complexity index is 633. The Morgan fingerprint density at radius 3 is 2.45 bits per heavy atom. The van der Waals surface area contributed by atoms with E-state index in [1.807, 2.05) is 70.2 Å². The third-order valence-corrected chi connectivity index (χ3v) is 2.99. The normalized spacial score (nSPS) is 11.1. The molecule has 0 saturated carbocycles. The van der Waals surface area contributed by atoms with Crippen LogP contribution < -0.4 is 4.90 Å². The fraction of sp³-hybridized carbons (Fsp3) is 0.333. The average molecular weight is 298 g/mol. The number of hydrogen-bond donors (Lipinski definition) is 0. The summed E-state index contributed by atoms with van der Waals surface area (Å²) in [6.45, 7) is 7.95. The number of carbonyl (C=O) groups is 1. The van der Waals surface area contributed by atoms with Crippen molar-refractivity contribution < 1.29 is 9.53 Å². The second-order valence-corrected chi connectivity index (χ2v) is 6.21. The first-order valence-electron chi connectivity index (χ1n) is 7.32. The number of anilines is 1. The maximum Gasteiger partial charge on any atom is 0.415 e. The Balaban J connectivity index is 2.30. The molecule has 0 bridgehead atoms. The molecular formula is C18H22N2O2. The van der Waals surface area contributed by atoms with E-state index in [2.05, 4.69) is 4.98 Å². The number of aryl methyl sites for hydroxylation is 1. The standard InChI is InChI=1S/C18H22N2O2/c1-14-12-16(10-11-19-14)20(17(21)22-18(2,3)4)13-15-8-6-5-7-9-15/h5-12H,13H2,1-4H3. The lowest BCUT2D eigenvalue weighted by Gasteiger charge is -2.27. The molecule has 0 aliphatic rings. The molecule has 116 valence electrons.